The average molecular weight is 604 g/mol. The maximum atomic E-state index is 13.1. The van der Waals surface area contributed by atoms with Crippen LogP contribution < -0.4 is 16.4 Å². The number of nitrogens with one attached hydrogen (secondary N) is 2. The first-order valence-corrected chi connectivity index (χ1v) is 14.7. The van der Waals surface area contributed by atoms with E-state index in [4.69, 9.17) is 10.8 Å². The molecule has 0 unspecified atom stereocenters. The summed E-state index contributed by atoms with van der Waals surface area (Å²) >= 11 is 0. The minimum Gasteiger partial charge on any atom is -0.383 e. The highest BCUT2D eigenvalue weighted by molar-refractivity contribution is 6.06. The molecule has 0 spiro atoms. The van der Waals surface area contributed by atoms with Crippen molar-refractivity contribution in [2.75, 3.05) is 11.1 Å². The lowest BCUT2D eigenvalue weighted by Gasteiger charge is -2.15. The molecule has 1 aliphatic heterocycles. The lowest BCUT2D eigenvalue weighted by Crippen LogP contribution is -2.32. The van der Waals surface area contributed by atoms with Crippen molar-refractivity contribution in [1.82, 2.24) is 25.1 Å². The molecule has 2 aliphatic rings. The molecule has 0 radical (unpaired) electrons. The van der Waals surface area contributed by atoms with Gasteiger partial charge in [-0.25, -0.2) is 9.97 Å². The molecular weight excluding hydrogens is 571 g/mol. The standard InChI is InChI=1S/C32H32F3N7O2/c33-32(34,35)22-14-15-37-25(16-22)40-31(44)20-10-8-19(9-11-20)28-27-29-21(18-38-30(27)36)6-4-2-1-3-5-7-26(43)39-23-12-13-24(17-23)42(29)41-28/h4,6,8-11,14-16,18,23-24H,1-3,5,7,12-13,17H2,(H2,36,38)(H,39,43)(H,37,40,44)/b6-4+/t23-,24-/m1/s1. The molecule has 4 N–H and O–H groups in total. The number of aromatic nitrogens is 4. The number of anilines is 2. The number of benzene rings is 1. The zero-order chi connectivity index (χ0) is 30.8. The second-order valence-electron chi connectivity index (χ2n) is 11.3. The first-order valence-electron chi connectivity index (χ1n) is 14.7. The summed E-state index contributed by atoms with van der Waals surface area (Å²) in [5.74, 6) is -0.375. The summed E-state index contributed by atoms with van der Waals surface area (Å²) in [6, 6.07) is 8.36. The second kappa shape index (κ2) is 12.1. The molecule has 6 rings (SSSR count). The first-order chi connectivity index (χ1) is 21.2. The van der Waals surface area contributed by atoms with Gasteiger partial charge in [0.25, 0.3) is 5.91 Å². The van der Waals surface area contributed by atoms with Gasteiger partial charge in [0.2, 0.25) is 5.91 Å². The predicted octanol–water partition coefficient (Wildman–Crippen LogP) is 6.53. The monoisotopic (exact) mass is 603 g/mol. The summed E-state index contributed by atoms with van der Waals surface area (Å²) in [5.41, 5.74) is 8.88. The van der Waals surface area contributed by atoms with E-state index < -0.39 is 17.6 Å². The Labute approximate surface area is 251 Å². The van der Waals surface area contributed by atoms with Crippen molar-refractivity contribution < 1.29 is 22.8 Å². The maximum Gasteiger partial charge on any atom is 0.416 e. The molecule has 1 saturated carbocycles. The Bertz CT molecular complexity index is 1730. The molecule has 2 bridgehead atoms. The zero-order valence-corrected chi connectivity index (χ0v) is 23.9. The number of fused-ring (bicyclic) bond motifs is 3. The fourth-order valence-electron chi connectivity index (χ4n) is 6.00. The van der Waals surface area contributed by atoms with E-state index in [2.05, 4.69) is 32.8 Å². The highest BCUT2D eigenvalue weighted by Crippen LogP contribution is 2.39. The molecule has 4 aromatic rings. The number of alkyl halides is 3. The molecule has 2 amide bonds. The van der Waals surface area contributed by atoms with Crippen molar-refractivity contribution >= 4 is 40.4 Å². The highest BCUT2D eigenvalue weighted by atomic mass is 19.4. The molecule has 0 saturated heterocycles. The van der Waals surface area contributed by atoms with E-state index in [9.17, 15) is 22.8 Å². The highest BCUT2D eigenvalue weighted by Gasteiger charge is 2.32. The van der Waals surface area contributed by atoms with E-state index in [1.807, 2.05) is 4.68 Å². The van der Waals surface area contributed by atoms with E-state index in [1.165, 1.54) is 0 Å². The third-order valence-corrected chi connectivity index (χ3v) is 8.22. The van der Waals surface area contributed by atoms with E-state index >= 15 is 0 Å². The van der Waals surface area contributed by atoms with Gasteiger partial charge in [0.05, 0.1) is 22.5 Å². The normalized spacial score (nSPS) is 20.0. The number of hydrogen-bond donors (Lipinski definition) is 3. The van der Waals surface area contributed by atoms with Crippen LogP contribution in [-0.2, 0) is 11.0 Å². The predicted molar refractivity (Wildman–Crippen MR) is 162 cm³/mol. The molecule has 1 fully saturated rings. The van der Waals surface area contributed by atoms with E-state index in [0.29, 0.717) is 28.9 Å². The number of nitrogens with two attached hydrogens (primary N) is 1. The second-order valence-corrected chi connectivity index (χ2v) is 11.3. The van der Waals surface area contributed by atoms with Crippen molar-refractivity contribution in [2.24, 2.45) is 0 Å². The van der Waals surface area contributed by atoms with Gasteiger partial charge in [0, 0.05) is 41.5 Å². The number of amides is 2. The lowest BCUT2D eigenvalue weighted by atomic mass is 10.0. The number of allylic oxidation sites excluding steroid dienone is 1. The van der Waals surface area contributed by atoms with Gasteiger partial charge < -0.3 is 16.4 Å². The van der Waals surface area contributed by atoms with Crippen LogP contribution in [-0.4, -0.2) is 37.6 Å². The van der Waals surface area contributed by atoms with Gasteiger partial charge in [0.1, 0.15) is 17.3 Å². The van der Waals surface area contributed by atoms with Gasteiger partial charge in [-0.1, -0.05) is 30.7 Å². The molecular formula is C32H32F3N7O2. The number of rotatable bonds is 3. The molecule has 12 heteroatoms. The topological polar surface area (TPSA) is 128 Å². The van der Waals surface area contributed by atoms with Crippen LogP contribution >= 0.6 is 0 Å². The number of carbonyl (C=O) groups is 2. The van der Waals surface area contributed by atoms with Crippen LogP contribution in [0, 0.1) is 0 Å². The third-order valence-electron chi connectivity index (χ3n) is 8.22. The van der Waals surface area contributed by atoms with Crippen LogP contribution in [0.1, 0.15) is 78.9 Å². The minimum atomic E-state index is -4.55. The molecule has 44 heavy (non-hydrogen) atoms. The number of hydrogen-bond acceptors (Lipinski definition) is 6. The van der Waals surface area contributed by atoms with Crippen molar-refractivity contribution in [3.05, 3.63) is 71.6 Å². The SMILES string of the molecule is Nc1ncc2c3c1c(-c1ccc(C(=O)Nc4cc(C(F)(F)F)ccn4)cc1)nn3[C@@H]1CC[C@H](C1)NC(=O)CCCCC/C=C/2. The van der Waals surface area contributed by atoms with Gasteiger partial charge in [-0.3, -0.25) is 14.3 Å². The Morgan fingerprint density at radius 3 is 2.68 bits per heavy atom. The fraction of sp³-hybridized carbons (Fsp3) is 0.344. The summed E-state index contributed by atoms with van der Waals surface area (Å²) < 4.78 is 41.3. The van der Waals surface area contributed by atoms with E-state index in [-0.39, 0.29) is 29.4 Å². The van der Waals surface area contributed by atoms with E-state index in [1.54, 1.807) is 30.5 Å². The van der Waals surface area contributed by atoms with Gasteiger partial charge in [-0.15, -0.1) is 0 Å². The summed E-state index contributed by atoms with van der Waals surface area (Å²) in [6.45, 7) is 0. The Hall–Kier alpha value is -4.74. The molecule has 1 aromatic carbocycles. The van der Waals surface area contributed by atoms with Gasteiger partial charge in [0.15, 0.2) is 0 Å². The summed E-state index contributed by atoms with van der Waals surface area (Å²) in [7, 11) is 0. The Balaban J connectivity index is 1.34. The fourth-order valence-corrected chi connectivity index (χ4v) is 6.00. The Morgan fingerprint density at radius 2 is 1.89 bits per heavy atom. The Morgan fingerprint density at radius 1 is 1.07 bits per heavy atom. The smallest absolute Gasteiger partial charge is 0.383 e. The van der Waals surface area contributed by atoms with Crippen molar-refractivity contribution in [1.29, 1.82) is 0 Å². The molecule has 2 atom stereocenters. The van der Waals surface area contributed by atoms with Crippen molar-refractivity contribution in [2.45, 2.75) is 69.6 Å². The van der Waals surface area contributed by atoms with Crippen molar-refractivity contribution in [3.8, 4) is 11.3 Å². The zero-order valence-electron chi connectivity index (χ0n) is 23.9. The maximum absolute atomic E-state index is 13.1. The van der Waals surface area contributed by atoms with Gasteiger partial charge in [-0.2, -0.15) is 18.3 Å². The van der Waals surface area contributed by atoms with Crippen LogP contribution in [0.5, 0.6) is 0 Å². The van der Waals surface area contributed by atoms with E-state index in [0.717, 1.165) is 74.4 Å². The minimum absolute atomic E-state index is 0.0423. The molecule has 9 nitrogen and oxygen atoms in total. The third kappa shape index (κ3) is 6.15. The summed E-state index contributed by atoms with van der Waals surface area (Å²) in [5, 5.41) is 11.4. The van der Waals surface area contributed by atoms with Crippen molar-refractivity contribution in [3.63, 3.8) is 0 Å². The molecule has 3 aromatic heterocycles. The Kier molecular flexibility index (Phi) is 8.07. The quantitative estimate of drug-likeness (QED) is 0.244. The molecule has 1 aliphatic carbocycles. The molecule has 228 valence electrons. The average Bonchev–Trinajstić information content (AvgIpc) is 3.62. The first kappa shape index (κ1) is 29.3. The number of halogens is 3. The number of carbonyl (C=O) groups excluding carboxylic acids is 2. The van der Waals surface area contributed by atoms with Gasteiger partial charge >= 0.3 is 6.18 Å². The van der Waals surface area contributed by atoms with Crippen LogP contribution in [0.4, 0.5) is 24.8 Å². The van der Waals surface area contributed by atoms with Crippen LogP contribution in [0.15, 0.2) is 54.9 Å². The largest absolute Gasteiger partial charge is 0.416 e. The lowest BCUT2D eigenvalue weighted by molar-refractivity contribution is -0.137. The molecule has 4 heterocycles. The number of pyridine rings is 2. The summed E-state index contributed by atoms with van der Waals surface area (Å²) in [6.07, 6.45) is 9.07. The number of nitrogen functional groups attached to an aromatic ring is 1. The summed E-state index contributed by atoms with van der Waals surface area (Å²) in [4.78, 5) is 33.7. The van der Waals surface area contributed by atoms with Crippen LogP contribution in [0.2, 0.25) is 0 Å². The van der Waals surface area contributed by atoms with Crippen LogP contribution in [0.3, 0.4) is 0 Å². The van der Waals surface area contributed by atoms with Crippen LogP contribution in [0.25, 0.3) is 28.2 Å². The van der Waals surface area contributed by atoms with Gasteiger partial charge in [-0.05, 0) is 62.8 Å². The number of nitrogens with zero attached hydrogens (tertiary/aromatic N) is 4.